The number of ketones is 3. The molecule has 15 nitrogen and oxygen atoms in total. The molecule has 0 radical (unpaired) electrons. The number of carbonyl (C=O) groups is 5. The molecule has 0 aromatic rings. The largest absolute Gasteiger partial charge is 0.460 e. The Morgan fingerprint density at radius 1 is 0.899 bits per heavy atom. The van der Waals surface area contributed by atoms with Crippen LogP contribution in [-0.2, 0) is 47.3 Å². The molecule has 4 N–H and O–H groups in total. The number of fused-ring (bicyclic) bond motifs is 3. The summed E-state index contributed by atoms with van der Waals surface area (Å²) in [5.41, 5.74) is 1.20. The normalized spacial score (nSPS) is 37.8. The van der Waals surface area contributed by atoms with E-state index in [0.717, 1.165) is 5.57 Å². The minimum absolute atomic E-state index is 0.0193. The van der Waals surface area contributed by atoms with E-state index in [0.29, 0.717) is 69.8 Å². The fraction of sp³-hybridized carbons (Fsp3) is 0.755. The van der Waals surface area contributed by atoms with E-state index in [1.54, 1.807) is 54.2 Å². The Morgan fingerprint density at radius 3 is 2.26 bits per heavy atom. The third-order valence-corrected chi connectivity index (χ3v) is 15.9. The number of piperidine rings is 1. The standard InChI is InChI=1S/C53H84NO14P/c1-32-16-12-11-13-17-33(2)46(65-8)28-41-21-19-38(7)53(63,67-41)50(60)51(61)54-23-15-14-18-43(54)52(62)66-47(35(4)26-39-20-22-45(40(27-39)30-55)68-69(9,10)64)29-44(57)34(3)25-37(6)49(59)42(31-56)48(58)36(5)24-32/h11-13,16-17,25,32,34-36,38-43,45-47,49,55-56,59,63H,14-15,18-24,26-31H2,1-10H3/b13-11?,16-12+,33-17?,37-25+/t32-,34-,35-,36-,38-,39?,40+,41+,42+,43+,45-,46+,47+,49-,53-/m1/s1. The molecule has 0 aromatic heterocycles. The Hall–Kier alpha value is -3.14. The first kappa shape index (κ1) is 58.4. The number of allylic oxidation sites excluding steroid dienone is 6. The van der Waals surface area contributed by atoms with Crippen molar-refractivity contribution < 1.29 is 67.7 Å². The van der Waals surface area contributed by atoms with Gasteiger partial charge in [0, 0.05) is 70.1 Å². The Kier molecular flexibility index (Phi) is 22.5. The molecule has 1 unspecified atom stereocenters. The second kappa shape index (κ2) is 26.5. The number of ether oxygens (including phenoxy) is 3. The molecule has 4 rings (SSSR count). The number of rotatable bonds is 8. The zero-order valence-electron chi connectivity index (χ0n) is 42.9. The number of esters is 1. The Balaban J connectivity index is 1.70. The van der Waals surface area contributed by atoms with Gasteiger partial charge < -0.3 is 44.1 Å². The van der Waals surface area contributed by atoms with E-state index < -0.39 is 97.5 Å². The van der Waals surface area contributed by atoms with Crippen molar-refractivity contribution in [2.75, 3.05) is 40.2 Å². The first-order chi connectivity index (χ1) is 32.4. The molecule has 1 aliphatic carbocycles. The Morgan fingerprint density at radius 2 is 1.61 bits per heavy atom. The summed E-state index contributed by atoms with van der Waals surface area (Å²) >= 11 is 0. The van der Waals surface area contributed by atoms with E-state index in [-0.39, 0.29) is 61.4 Å². The van der Waals surface area contributed by atoms with Gasteiger partial charge >= 0.3 is 5.97 Å². The number of hydrogen-bond donors (Lipinski definition) is 4. The summed E-state index contributed by atoms with van der Waals surface area (Å²) in [6, 6.07) is -1.18. The van der Waals surface area contributed by atoms with E-state index in [2.05, 4.69) is 0 Å². The van der Waals surface area contributed by atoms with Gasteiger partial charge in [0.25, 0.3) is 11.7 Å². The SMILES string of the molecule is CO[C@H]1C[C@@H]2CC[C@@H](C)[C@@](O)(O2)C(=O)C(=O)N2CCCC[C@H]2C(=O)O[C@H]([C@H](C)CC2CC[C@@H](OP(C)(C)=O)[C@H](CO)C2)CC(=O)[C@H](C)/C=C(\C)[C@@H](O)[C@@H](CO)C(=O)[C@H](C)C[C@H](C)/C=C/C=CC=C1C. The van der Waals surface area contributed by atoms with Gasteiger partial charge in [0.2, 0.25) is 5.79 Å². The molecule has 0 spiro atoms. The number of aliphatic hydroxyl groups is 4. The van der Waals surface area contributed by atoms with Crippen molar-refractivity contribution in [3.63, 3.8) is 0 Å². The van der Waals surface area contributed by atoms with Crippen LogP contribution in [-0.4, -0.2) is 137 Å². The molecule has 15 atom stereocenters. The molecule has 69 heavy (non-hydrogen) atoms. The number of carbonyl (C=O) groups excluding carboxylic acids is 5. The summed E-state index contributed by atoms with van der Waals surface area (Å²) in [6.07, 6.45) is 12.2. The van der Waals surface area contributed by atoms with Crippen molar-refractivity contribution in [2.24, 2.45) is 47.3 Å². The molecule has 3 heterocycles. The van der Waals surface area contributed by atoms with Gasteiger partial charge in [0.15, 0.2) is 7.37 Å². The van der Waals surface area contributed by atoms with Crippen molar-refractivity contribution in [1.29, 1.82) is 0 Å². The van der Waals surface area contributed by atoms with Crippen LogP contribution in [0.25, 0.3) is 0 Å². The molecular formula is C53H84NO14P. The highest BCUT2D eigenvalue weighted by Crippen LogP contribution is 2.46. The summed E-state index contributed by atoms with van der Waals surface area (Å²) in [6.45, 7) is 14.9. The fourth-order valence-electron chi connectivity index (χ4n) is 10.8. The second-order valence-electron chi connectivity index (χ2n) is 21.2. The van der Waals surface area contributed by atoms with Crippen LogP contribution in [0.1, 0.15) is 126 Å². The predicted molar refractivity (Wildman–Crippen MR) is 263 cm³/mol. The summed E-state index contributed by atoms with van der Waals surface area (Å²) in [7, 11) is -1.26. The molecule has 390 valence electrons. The van der Waals surface area contributed by atoms with E-state index in [1.807, 2.05) is 51.2 Å². The highest BCUT2D eigenvalue weighted by Gasteiger charge is 2.53. The van der Waals surface area contributed by atoms with Crippen molar-refractivity contribution in [3.8, 4) is 0 Å². The van der Waals surface area contributed by atoms with Crippen LogP contribution in [0.15, 0.2) is 47.6 Å². The summed E-state index contributed by atoms with van der Waals surface area (Å²) < 4.78 is 36.7. The van der Waals surface area contributed by atoms with Crippen LogP contribution in [0.5, 0.6) is 0 Å². The molecule has 0 aromatic carbocycles. The first-order valence-corrected chi connectivity index (χ1v) is 27.8. The number of methoxy groups -OCH3 is 1. The van der Waals surface area contributed by atoms with Gasteiger partial charge in [-0.25, -0.2) is 4.79 Å². The van der Waals surface area contributed by atoms with Crippen LogP contribution < -0.4 is 0 Å². The van der Waals surface area contributed by atoms with Gasteiger partial charge in [0.05, 0.1) is 36.9 Å². The van der Waals surface area contributed by atoms with Crippen molar-refractivity contribution in [1.82, 2.24) is 4.90 Å². The maximum atomic E-state index is 14.5. The molecule has 2 saturated heterocycles. The van der Waals surface area contributed by atoms with Crippen LogP contribution in [0, 0.1) is 47.3 Å². The number of nitrogens with zero attached hydrogens (tertiary/aromatic N) is 1. The zero-order valence-corrected chi connectivity index (χ0v) is 43.8. The lowest BCUT2D eigenvalue weighted by atomic mass is 9.75. The lowest BCUT2D eigenvalue weighted by molar-refractivity contribution is -0.265. The highest BCUT2D eigenvalue weighted by molar-refractivity contribution is 7.57. The Labute approximate surface area is 411 Å². The Bertz CT molecular complexity index is 1940. The topological polar surface area (TPSA) is 223 Å². The average Bonchev–Trinajstić information content (AvgIpc) is 3.30. The number of amides is 1. The zero-order chi connectivity index (χ0) is 51.4. The average molecular weight is 990 g/mol. The molecule has 1 amide bonds. The van der Waals surface area contributed by atoms with Gasteiger partial charge in [0.1, 0.15) is 23.7 Å². The predicted octanol–water partition coefficient (Wildman–Crippen LogP) is 6.93. The smallest absolute Gasteiger partial charge is 0.329 e. The maximum absolute atomic E-state index is 14.5. The summed E-state index contributed by atoms with van der Waals surface area (Å²) in [5, 5.41) is 44.1. The van der Waals surface area contributed by atoms with Crippen LogP contribution >= 0.6 is 7.37 Å². The highest BCUT2D eigenvalue weighted by atomic mass is 31.2. The van der Waals surface area contributed by atoms with Gasteiger partial charge in [-0.05, 0) is 107 Å². The molecule has 3 fully saturated rings. The third kappa shape index (κ3) is 16.2. The lowest BCUT2D eigenvalue weighted by Crippen LogP contribution is -2.61. The molecule has 4 aliphatic rings. The first-order valence-electron chi connectivity index (χ1n) is 25.3. The van der Waals surface area contributed by atoms with E-state index in [4.69, 9.17) is 18.7 Å². The van der Waals surface area contributed by atoms with Gasteiger partial charge in [-0.1, -0.05) is 71.1 Å². The van der Waals surface area contributed by atoms with Crippen LogP contribution in [0.4, 0.5) is 0 Å². The van der Waals surface area contributed by atoms with E-state index in [9.17, 15) is 49.0 Å². The number of Topliss-reactive ketones (excluding diaryl/α,β-unsaturated/α-hetero) is 3. The quantitative estimate of drug-likeness (QED) is 0.0838. The molecule has 2 bridgehead atoms. The lowest BCUT2D eigenvalue weighted by Gasteiger charge is -2.42. The molecule has 3 aliphatic heterocycles. The number of hydrogen-bond acceptors (Lipinski definition) is 14. The summed E-state index contributed by atoms with van der Waals surface area (Å²) in [4.78, 5) is 72.1. The summed E-state index contributed by atoms with van der Waals surface area (Å²) in [5.74, 6) is -9.84. The molecular weight excluding hydrogens is 906 g/mol. The third-order valence-electron chi connectivity index (χ3n) is 15.1. The fourth-order valence-corrected chi connectivity index (χ4v) is 11.7. The number of aliphatic hydroxyl groups excluding tert-OH is 3. The van der Waals surface area contributed by atoms with E-state index in [1.165, 1.54) is 4.90 Å². The van der Waals surface area contributed by atoms with Crippen molar-refractivity contribution >= 4 is 36.6 Å². The minimum atomic E-state index is -2.83. The van der Waals surface area contributed by atoms with Crippen molar-refractivity contribution in [3.05, 3.63) is 47.6 Å². The molecule has 1 saturated carbocycles. The van der Waals surface area contributed by atoms with Crippen LogP contribution in [0.2, 0.25) is 0 Å². The molecule has 16 heteroatoms. The van der Waals surface area contributed by atoms with Gasteiger partial charge in [-0.3, -0.25) is 23.7 Å². The van der Waals surface area contributed by atoms with E-state index >= 15 is 0 Å². The maximum Gasteiger partial charge on any atom is 0.329 e. The minimum Gasteiger partial charge on any atom is -0.460 e. The number of cyclic esters (lactones) is 1. The van der Waals surface area contributed by atoms with Gasteiger partial charge in [-0.2, -0.15) is 0 Å². The monoisotopic (exact) mass is 990 g/mol. The van der Waals surface area contributed by atoms with Crippen molar-refractivity contribution in [2.45, 2.75) is 168 Å². The van der Waals surface area contributed by atoms with Crippen LogP contribution in [0.3, 0.4) is 0 Å². The second-order valence-corrected chi connectivity index (χ2v) is 23.9. The van der Waals surface area contributed by atoms with Gasteiger partial charge in [-0.15, -0.1) is 0 Å².